The van der Waals surface area contributed by atoms with E-state index >= 15 is 0 Å². The molecule has 2 aliphatic rings. The molecular weight excluding hydrogens is 260 g/mol. The van der Waals surface area contributed by atoms with Crippen LogP contribution in [0.15, 0.2) is 12.1 Å². The number of halogens is 3. The van der Waals surface area contributed by atoms with Crippen LogP contribution >= 0.6 is 11.6 Å². The summed E-state index contributed by atoms with van der Waals surface area (Å²) in [7, 11) is 0. The van der Waals surface area contributed by atoms with Crippen LogP contribution in [-0.2, 0) is 13.0 Å². The molecule has 1 aromatic rings. The third kappa shape index (κ3) is 2.19. The van der Waals surface area contributed by atoms with Gasteiger partial charge >= 0.3 is 0 Å². The molecule has 1 fully saturated rings. The first kappa shape index (κ1) is 12.2. The van der Waals surface area contributed by atoms with Crippen LogP contribution in [0.5, 0.6) is 5.75 Å². The predicted octanol–water partition coefficient (Wildman–Crippen LogP) is 3.02. The Labute approximate surface area is 109 Å². The molecule has 1 saturated carbocycles. The number of benzene rings is 1. The molecule has 0 amide bonds. The maximum Gasteiger partial charge on any atom is 0.255 e. The van der Waals surface area contributed by atoms with Crippen LogP contribution in [0.1, 0.15) is 17.5 Å². The molecule has 1 aliphatic carbocycles. The van der Waals surface area contributed by atoms with Crippen molar-refractivity contribution >= 4 is 11.6 Å². The van der Waals surface area contributed by atoms with Gasteiger partial charge in [-0.25, -0.2) is 8.78 Å². The second-order valence-corrected chi connectivity index (χ2v) is 5.29. The molecule has 18 heavy (non-hydrogen) atoms. The topological polar surface area (TPSA) is 21.3 Å². The third-order valence-electron chi connectivity index (χ3n) is 3.57. The van der Waals surface area contributed by atoms with Crippen LogP contribution in [0.2, 0.25) is 5.02 Å². The Kier molecular flexibility index (Phi) is 2.94. The lowest BCUT2D eigenvalue weighted by Gasteiger charge is -2.20. The van der Waals surface area contributed by atoms with E-state index in [0.717, 1.165) is 30.6 Å². The number of hydrogen-bond acceptors (Lipinski definition) is 2. The zero-order valence-corrected chi connectivity index (χ0v) is 10.6. The first-order valence-corrected chi connectivity index (χ1v) is 6.47. The largest absolute Gasteiger partial charge is 0.491 e. The van der Waals surface area contributed by atoms with Gasteiger partial charge in [-0.3, -0.25) is 0 Å². The molecule has 0 saturated heterocycles. The number of fused-ring (bicyclic) bond motifs is 1. The molecular formula is C13H14ClF2NO. The lowest BCUT2D eigenvalue weighted by atomic mass is 10.0. The first-order chi connectivity index (χ1) is 8.58. The summed E-state index contributed by atoms with van der Waals surface area (Å²) in [5.74, 6) is -2.66. The van der Waals surface area contributed by atoms with E-state index < -0.39 is 11.8 Å². The highest BCUT2D eigenvalue weighted by molar-refractivity contribution is 6.33. The maximum atomic E-state index is 12.8. The zero-order chi connectivity index (χ0) is 12.8. The SMILES string of the molecule is FC1(F)CC1COc1ccc2c(c1Cl)CCNC2. The predicted molar refractivity (Wildman–Crippen MR) is 65.4 cm³/mol. The quantitative estimate of drug-likeness (QED) is 0.914. The molecule has 1 aliphatic heterocycles. The van der Waals surface area contributed by atoms with Crippen molar-refractivity contribution in [3.8, 4) is 5.75 Å². The van der Waals surface area contributed by atoms with Crippen molar-refractivity contribution < 1.29 is 13.5 Å². The molecule has 2 nitrogen and oxygen atoms in total. The van der Waals surface area contributed by atoms with Gasteiger partial charge in [-0.15, -0.1) is 0 Å². The molecule has 0 bridgehead atoms. The average molecular weight is 274 g/mol. The number of hydrogen-bond donors (Lipinski definition) is 1. The van der Waals surface area contributed by atoms with Gasteiger partial charge in [0.05, 0.1) is 17.5 Å². The van der Waals surface area contributed by atoms with E-state index in [9.17, 15) is 8.78 Å². The molecule has 3 rings (SSSR count). The van der Waals surface area contributed by atoms with Crippen molar-refractivity contribution in [3.63, 3.8) is 0 Å². The van der Waals surface area contributed by atoms with E-state index in [1.54, 1.807) is 6.07 Å². The highest BCUT2D eigenvalue weighted by atomic mass is 35.5. The summed E-state index contributed by atoms with van der Waals surface area (Å²) in [5, 5.41) is 3.84. The Hall–Kier alpha value is -0.870. The summed E-state index contributed by atoms with van der Waals surface area (Å²) in [4.78, 5) is 0. The van der Waals surface area contributed by atoms with Crippen LogP contribution in [0.4, 0.5) is 8.78 Å². The fourth-order valence-electron chi connectivity index (χ4n) is 2.26. The summed E-state index contributed by atoms with van der Waals surface area (Å²) in [6, 6.07) is 3.72. The van der Waals surface area contributed by atoms with Crippen molar-refractivity contribution in [1.82, 2.24) is 5.32 Å². The molecule has 1 unspecified atom stereocenters. The van der Waals surface area contributed by atoms with Crippen LogP contribution in [0, 0.1) is 5.92 Å². The van der Waals surface area contributed by atoms with E-state index in [0.29, 0.717) is 10.8 Å². The average Bonchev–Trinajstić information content (AvgIpc) is 2.97. The Morgan fingerprint density at radius 2 is 2.22 bits per heavy atom. The Morgan fingerprint density at radius 1 is 1.44 bits per heavy atom. The van der Waals surface area contributed by atoms with Gasteiger partial charge in [-0.05, 0) is 30.2 Å². The molecule has 5 heteroatoms. The minimum atomic E-state index is -2.54. The Bertz CT molecular complexity index is 478. The van der Waals surface area contributed by atoms with Crippen molar-refractivity contribution in [2.45, 2.75) is 25.3 Å². The third-order valence-corrected chi connectivity index (χ3v) is 3.98. The van der Waals surface area contributed by atoms with Gasteiger partial charge in [-0.2, -0.15) is 0 Å². The Morgan fingerprint density at radius 3 is 2.94 bits per heavy atom. The number of nitrogens with one attached hydrogen (secondary N) is 1. The molecule has 0 spiro atoms. The fraction of sp³-hybridized carbons (Fsp3) is 0.538. The normalized spacial score (nSPS) is 24.5. The highest BCUT2D eigenvalue weighted by Gasteiger charge is 2.57. The summed E-state index contributed by atoms with van der Waals surface area (Å²) < 4.78 is 30.9. The lowest BCUT2D eigenvalue weighted by molar-refractivity contribution is 0.0856. The van der Waals surface area contributed by atoms with Crippen LogP contribution in [0.25, 0.3) is 0 Å². The highest BCUT2D eigenvalue weighted by Crippen LogP contribution is 2.48. The van der Waals surface area contributed by atoms with Gasteiger partial charge in [0, 0.05) is 13.0 Å². The second kappa shape index (κ2) is 4.35. The van der Waals surface area contributed by atoms with Crippen molar-refractivity contribution in [3.05, 3.63) is 28.3 Å². The minimum absolute atomic E-state index is 0.0454. The van der Waals surface area contributed by atoms with Crippen molar-refractivity contribution in [1.29, 1.82) is 0 Å². The molecule has 1 atom stereocenters. The van der Waals surface area contributed by atoms with Crippen molar-refractivity contribution in [2.24, 2.45) is 5.92 Å². The van der Waals surface area contributed by atoms with Crippen LogP contribution in [-0.4, -0.2) is 19.1 Å². The van der Waals surface area contributed by atoms with Crippen LogP contribution in [0.3, 0.4) is 0 Å². The number of rotatable bonds is 3. The molecule has 0 radical (unpaired) electrons. The number of alkyl halides is 2. The van der Waals surface area contributed by atoms with Crippen LogP contribution < -0.4 is 10.1 Å². The Balaban J connectivity index is 1.73. The molecule has 1 N–H and O–H groups in total. The minimum Gasteiger partial charge on any atom is -0.491 e. The van der Waals surface area contributed by atoms with Gasteiger partial charge < -0.3 is 10.1 Å². The van der Waals surface area contributed by atoms with E-state index in [1.165, 1.54) is 0 Å². The zero-order valence-electron chi connectivity index (χ0n) is 9.81. The molecule has 1 aromatic carbocycles. The van der Waals surface area contributed by atoms with Crippen molar-refractivity contribution in [2.75, 3.05) is 13.2 Å². The molecule has 0 aromatic heterocycles. The first-order valence-electron chi connectivity index (χ1n) is 6.09. The molecule has 1 heterocycles. The summed E-state index contributed by atoms with van der Waals surface area (Å²) in [6.07, 6.45) is 0.782. The summed E-state index contributed by atoms with van der Waals surface area (Å²) >= 11 is 6.26. The smallest absolute Gasteiger partial charge is 0.255 e. The van der Waals surface area contributed by atoms with Gasteiger partial charge in [0.2, 0.25) is 0 Å². The van der Waals surface area contributed by atoms with E-state index in [2.05, 4.69) is 5.32 Å². The van der Waals surface area contributed by atoms with Gasteiger partial charge in [0.25, 0.3) is 5.92 Å². The monoisotopic (exact) mass is 273 g/mol. The van der Waals surface area contributed by atoms with Gasteiger partial charge in [0.15, 0.2) is 0 Å². The summed E-state index contributed by atoms with van der Waals surface area (Å²) in [6.45, 7) is 1.73. The van der Waals surface area contributed by atoms with Gasteiger partial charge in [0.1, 0.15) is 5.75 Å². The van der Waals surface area contributed by atoms with E-state index in [1.807, 2.05) is 6.07 Å². The van der Waals surface area contributed by atoms with E-state index in [-0.39, 0.29) is 13.0 Å². The lowest BCUT2D eigenvalue weighted by Crippen LogP contribution is -2.24. The molecule has 98 valence electrons. The fourth-order valence-corrected chi connectivity index (χ4v) is 2.60. The second-order valence-electron chi connectivity index (χ2n) is 4.92. The summed E-state index contributed by atoms with van der Waals surface area (Å²) in [5.41, 5.74) is 2.24. The maximum absolute atomic E-state index is 12.8. The van der Waals surface area contributed by atoms with Gasteiger partial charge in [-0.1, -0.05) is 17.7 Å². The number of ether oxygens (including phenoxy) is 1. The standard InChI is InChI=1S/C13H14ClF2NO/c14-12-10-3-4-17-6-8(10)1-2-11(12)18-7-9-5-13(9,15)16/h1-2,9,17H,3-7H2. The van der Waals surface area contributed by atoms with E-state index in [4.69, 9.17) is 16.3 Å².